The van der Waals surface area contributed by atoms with Crippen LogP contribution in [0.25, 0.3) is 0 Å². The highest BCUT2D eigenvalue weighted by atomic mass is 79.9. The maximum absolute atomic E-state index is 13.6. The van der Waals surface area contributed by atoms with E-state index in [0.717, 1.165) is 6.42 Å². The Balaban J connectivity index is 2.70. The summed E-state index contributed by atoms with van der Waals surface area (Å²) in [6.07, 6.45) is 0.931. The zero-order valence-corrected chi connectivity index (χ0v) is 10.8. The summed E-state index contributed by atoms with van der Waals surface area (Å²) < 4.78 is 19.7. The molecule has 3 N–H and O–H groups in total. The van der Waals surface area contributed by atoms with Crippen molar-refractivity contribution in [1.29, 1.82) is 0 Å². The Morgan fingerprint density at radius 3 is 2.88 bits per heavy atom. The van der Waals surface area contributed by atoms with Gasteiger partial charge < -0.3 is 4.74 Å². The van der Waals surface area contributed by atoms with Crippen LogP contribution in [-0.2, 0) is 4.74 Å². The molecule has 1 aromatic rings. The zero-order valence-electron chi connectivity index (χ0n) is 9.17. The molecule has 0 saturated heterocycles. The second-order valence-electron chi connectivity index (χ2n) is 3.46. The van der Waals surface area contributed by atoms with Gasteiger partial charge in [0.25, 0.3) is 0 Å². The van der Waals surface area contributed by atoms with E-state index in [-0.39, 0.29) is 11.9 Å². The molecular weight excluding hydrogens is 275 g/mol. The van der Waals surface area contributed by atoms with Gasteiger partial charge in [-0.05, 0) is 18.6 Å². The number of ether oxygens (including phenoxy) is 1. The Morgan fingerprint density at radius 2 is 2.31 bits per heavy atom. The highest BCUT2D eigenvalue weighted by molar-refractivity contribution is 9.10. The first-order valence-electron chi connectivity index (χ1n) is 5.17. The predicted octanol–water partition coefficient (Wildman–Crippen LogP) is 2.52. The third-order valence-corrected chi connectivity index (χ3v) is 2.67. The molecule has 0 aliphatic rings. The van der Waals surface area contributed by atoms with Crippen LogP contribution in [0.15, 0.2) is 22.7 Å². The number of rotatable bonds is 6. The molecule has 1 unspecified atom stereocenters. The molecule has 5 heteroatoms. The molecule has 0 radical (unpaired) electrons. The van der Waals surface area contributed by atoms with Crippen LogP contribution in [0.2, 0.25) is 0 Å². The molecule has 0 aromatic heterocycles. The molecule has 0 fully saturated rings. The fraction of sp³-hybridized carbons (Fsp3) is 0.455. The van der Waals surface area contributed by atoms with E-state index in [1.54, 1.807) is 12.1 Å². The van der Waals surface area contributed by atoms with Crippen molar-refractivity contribution in [3.05, 3.63) is 34.1 Å². The first-order chi connectivity index (χ1) is 7.69. The van der Waals surface area contributed by atoms with Crippen molar-refractivity contribution < 1.29 is 9.13 Å². The number of hydrazine groups is 1. The van der Waals surface area contributed by atoms with Crippen LogP contribution in [0.1, 0.15) is 24.9 Å². The highest BCUT2D eigenvalue weighted by Crippen LogP contribution is 2.21. The fourth-order valence-electron chi connectivity index (χ4n) is 1.36. The maximum Gasteiger partial charge on any atom is 0.129 e. The molecule has 1 atom stereocenters. The molecule has 3 nitrogen and oxygen atoms in total. The Morgan fingerprint density at radius 1 is 1.56 bits per heavy atom. The van der Waals surface area contributed by atoms with Crippen molar-refractivity contribution >= 4 is 15.9 Å². The minimum Gasteiger partial charge on any atom is -0.379 e. The van der Waals surface area contributed by atoms with E-state index in [4.69, 9.17) is 10.6 Å². The molecule has 0 spiro atoms. The Kier molecular flexibility index (Phi) is 5.90. The van der Waals surface area contributed by atoms with Gasteiger partial charge in [0.15, 0.2) is 0 Å². The highest BCUT2D eigenvalue weighted by Gasteiger charge is 2.14. The van der Waals surface area contributed by atoms with Crippen molar-refractivity contribution in [2.24, 2.45) is 5.84 Å². The monoisotopic (exact) mass is 290 g/mol. The van der Waals surface area contributed by atoms with Crippen molar-refractivity contribution in [1.82, 2.24) is 5.43 Å². The summed E-state index contributed by atoms with van der Waals surface area (Å²) in [5.74, 6) is 5.09. The zero-order chi connectivity index (χ0) is 12.0. The Labute approximate surface area is 103 Å². The largest absolute Gasteiger partial charge is 0.379 e. The molecule has 16 heavy (non-hydrogen) atoms. The molecule has 0 bridgehead atoms. The predicted molar refractivity (Wildman–Crippen MR) is 65.3 cm³/mol. The molecule has 0 aliphatic carbocycles. The van der Waals surface area contributed by atoms with E-state index in [1.807, 2.05) is 6.92 Å². The third-order valence-electron chi connectivity index (χ3n) is 2.17. The number of halogens is 2. The summed E-state index contributed by atoms with van der Waals surface area (Å²) in [5.41, 5.74) is 3.07. The lowest BCUT2D eigenvalue weighted by Gasteiger charge is -2.17. The summed E-state index contributed by atoms with van der Waals surface area (Å²) in [6.45, 7) is 3.03. The molecule has 0 heterocycles. The summed E-state index contributed by atoms with van der Waals surface area (Å²) in [6, 6.07) is 4.57. The van der Waals surface area contributed by atoms with Crippen molar-refractivity contribution in [3.8, 4) is 0 Å². The van der Waals surface area contributed by atoms with Crippen LogP contribution in [0.3, 0.4) is 0 Å². The van der Waals surface area contributed by atoms with Gasteiger partial charge in [-0.25, -0.2) is 4.39 Å². The lowest BCUT2D eigenvalue weighted by molar-refractivity contribution is 0.111. The first-order valence-corrected chi connectivity index (χ1v) is 5.97. The molecule has 1 aromatic carbocycles. The van der Waals surface area contributed by atoms with Crippen molar-refractivity contribution in [3.63, 3.8) is 0 Å². The van der Waals surface area contributed by atoms with Gasteiger partial charge in [0.1, 0.15) is 5.82 Å². The maximum atomic E-state index is 13.6. The fourth-order valence-corrected chi connectivity index (χ4v) is 1.69. The molecule has 1 rings (SSSR count). The normalized spacial score (nSPS) is 12.8. The van der Waals surface area contributed by atoms with E-state index in [2.05, 4.69) is 21.4 Å². The summed E-state index contributed by atoms with van der Waals surface area (Å²) >= 11 is 3.21. The van der Waals surface area contributed by atoms with Gasteiger partial charge in [0, 0.05) is 16.6 Å². The van der Waals surface area contributed by atoms with Gasteiger partial charge in [-0.3, -0.25) is 11.3 Å². The van der Waals surface area contributed by atoms with Gasteiger partial charge in [-0.1, -0.05) is 28.9 Å². The number of hydrogen-bond acceptors (Lipinski definition) is 3. The minimum absolute atomic E-state index is 0.294. The van der Waals surface area contributed by atoms with Gasteiger partial charge in [-0.15, -0.1) is 0 Å². The standard InChI is InChI=1S/C11H16BrFN2O/c1-2-5-16-7-11(15-14)9-4-3-8(12)6-10(9)13/h3-4,6,11,15H,2,5,7,14H2,1H3. The van der Waals surface area contributed by atoms with Crippen LogP contribution in [0.5, 0.6) is 0 Å². The quantitative estimate of drug-likeness (QED) is 0.481. The van der Waals surface area contributed by atoms with Crippen molar-refractivity contribution in [2.45, 2.75) is 19.4 Å². The van der Waals surface area contributed by atoms with Gasteiger partial charge in [0.05, 0.1) is 12.6 Å². The van der Waals surface area contributed by atoms with Crippen LogP contribution in [0.4, 0.5) is 4.39 Å². The summed E-state index contributed by atoms with van der Waals surface area (Å²) in [7, 11) is 0. The van der Waals surface area contributed by atoms with E-state index < -0.39 is 0 Å². The summed E-state index contributed by atoms with van der Waals surface area (Å²) in [4.78, 5) is 0. The SMILES string of the molecule is CCCOCC(NN)c1ccc(Br)cc1F. The number of nitrogens with two attached hydrogens (primary N) is 1. The topological polar surface area (TPSA) is 47.3 Å². The van der Waals surface area contributed by atoms with E-state index in [0.29, 0.717) is 23.2 Å². The molecule has 0 aliphatic heterocycles. The van der Waals surface area contributed by atoms with E-state index in [9.17, 15) is 4.39 Å². The third kappa shape index (κ3) is 3.83. The molecular formula is C11H16BrFN2O. The van der Waals surface area contributed by atoms with Crippen LogP contribution >= 0.6 is 15.9 Å². The second kappa shape index (κ2) is 6.96. The first kappa shape index (κ1) is 13.6. The van der Waals surface area contributed by atoms with Gasteiger partial charge in [0.2, 0.25) is 0 Å². The summed E-state index contributed by atoms with van der Waals surface area (Å²) in [5, 5.41) is 0. The molecule has 90 valence electrons. The van der Waals surface area contributed by atoms with Crippen molar-refractivity contribution in [2.75, 3.05) is 13.2 Å². The lowest BCUT2D eigenvalue weighted by atomic mass is 10.1. The van der Waals surface area contributed by atoms with Gasteiger partial charge in [-0.2, -0.15) is 0 Å². The second-order valence-corrected chi connectivity index (χ2v) is 4.38. The van der Waals surface area contributed by atoms with Crippen LogP contribution in [0, 0.1) is 5.82 Å². The molecule has 0 amide bonds. The minimum atomic E-state index is -0.320. The van der Waals surface area contributed by atoms with Gasteiger partial charge >= 0.3 is 0 Å². The average Bonchev–Trinajstić information content (AvgIpc) is 2.26. The molecule has 0 saturated carbocycles. The number of nitrogens with one attached hydrogen (secondary N) is 1. The van der Waals surface area contributed by atoms with Crippen LogP contribution in [-0.4, -0.2) is 13.2 Å². The van der Waals surface area contributed by atoms with Crippen LogP contribution < -0.4 is 11.3 Å². The lowest BCUT2D eigenvalue weighted by Crippen LogP contribution is -2.32. The van der Waals surface area contributed by atoms with E-state index in [1.165, 1.54) is 6.07 Å². The Bertz CT molecular complexity index is 336. The van der Waals surface area contributed by atoms with E-state index >= 15 is 0 Å². The number of benzene rings is 1. The number of hydrogen-bond donors (Lipinski definition) is 2. The average molecular weight is 291 g/mol. The Hall–Kier alpha value is -0.490. The smallest absolute Gasteiger partial charge is 0.129 e.